The Bertz CT molecular complexity index is 755. The summed E-state index contributed by atoms with van der Waals surface area (Å²) in [6.45, 7) is 0. The number of anilines is 2. The Morgan fingerprint density at radius 2 is 1.68 bits per heavy atom. The van der Waals surface area contributed by atoms with Gasteiger partial charge >= 0.3 is 0 Å². The molecule has 0 aliphatic rings. The number of benzene rings is 2. The van der Waals surface area contributed by atoms with E-state index in [2.05, 4.69) is 64.2 Å². The van der Waals surface area contributed by atoms with E-state index in [1.807, 2.05) is 30.3 Å². The van der Waals surface area contributed by atoms with Gasteiger partial charge in [0, 0.05) is 13.4 Å². The van der Waals surface area contributed by atoms with Gasteiger partial charge in [0.05, 0.1) is 15.9 Å². The summed E-state index contributed by atoms with van der Waals surface area (Å²) in [4.78, 5) is 4.58. The topological polar surface area (TPSA) is 24.9 Å². The van der Waals surface area contributed by atoms with E-state index in [9.17, 15) is 0 Å². The highest BCUT2D eigenvalue weighted by Gasteiger charge is 2.06. The molecule has 0 saturated heterocycles. The molecule has 2 aromatic carbocycles. The monoisotopic (exact) mass is 460 g/mol. The second-order valence-electron chi connectivity index (χ2n) is 3.88. The number of nitrogens with zero attached hydrogens (tertiary/aromatic N) is 1. The van der Waals surface area contributed by atoms with Gasteiger partial charge in [-0.05, 0) is 52.3 Å². The summed E-state index contributed by atoms with van der Waals surface area (Å²) < 4.78 is 4.25. The number of fused-ring (bicyclic) bond motifs is 1. The van der Waals surface area contributed by atoms with Crippen molar-refractivity contribution in [1.29, 1.82) is 0 Å². The normalized spacial score (nSPS) is 10.9. The van der Waals surface area contributed by atoms with Crippen LogP contribution in [0.15, 0.2) is 49.8 Å². The molecule has 1 heterocycles. The van der Waals surface area contributed by atoms with Crippen LogP contribution in [0.3, 0.4) is 0 Å². The molecule has 0 saturated carbocycles. The second-order valence-corrected chi connectivity index (χ2v) is 7.60. The van der Waals surface area contributed by atoms with Crippen LogP contribution in [-0.4, -0.2) is 4.98 Å². The van der Waals surface area contributed by atoms with Crippen LogP contribution in [0.4, 0.5) is 10.8 Å². The molecule has 1 aromatic heterocycles. The molecule has 19 heavy (non-hydrogen) atoms. The van der Waals surface area contributed by atoms with Gasteiger partial charge in [0.1, 0.15) is 0 Å². The number of rotatable bonds is 2. The third-order valence-corrected chi connectivity index (χ3v) is 5.12. The molecule has 0 amide bonds. The molecule has 0 atom stereocenters. The summed E-state index contributed by atoms with van der Waals surface area (Å²) in [5.74, 6) is 0. The third kappa shape index (κ3) is 3.02. The molecular formula is C13H7Br3N2S. The van der Waals surface area contributed by atoms with Crippen molar-refractivity contribution in [2.75, 3.05) is 5.32 Å². The zero-order valence-electron chi connectivity index (χ0n) is 9.45. The van der Waals surface area contributed by atoms with Crippen molar-refractivity contribution in [3.05, 3.63) is 49.8 Å². The Balaban J connectivity index is 1.96. The quantitative estimate of drug-likeness (QED) is 0.481. The van der Waals surface area contributed by atoms with Gasteiger partial charge in [-0.1, -0.05) is 43.2 Å². The summed E-state index contributed by atoms with van der Waals surface area (Å²) >= 11 is 12.1. The van der Waals surface area contributed by atoms with Crippen LogP contribution in [0.1, 0.15) is 0 Å². The molecule has 3 aromatic rings. The van der Waals surface area contributed by atoms with E-state index in [-0.39, 0.29) is 0 Å². The molecule has 0 spiro atoms. The van der Waals surface area contributed by atoms with Crippen molar-refractivity contribution in [3.8, 4) is 0 Å². The number of aromatic nitrogens is 1. The maximum absolute atomic E-state index is 4.58. The fourth-order valence-corrected chi connectivity index (χ4v) is 4.01. The van der Waals surface area contributed by atoms with Gasteiger partial charge < -0.3 is 5.32 Å². The summed E-state index contributed by atoms with van der Waals surface area (Å²) in [6.07, 6.45) is 0. The fraction of sp³-hybridized carbons (Fsp3) is 0. The van der Waals surface area contributed by atoms with Gasteiger partial charge in [-0.25, -0.2) is 4.98 Å². The van der Waals surface area contributed by atoms with Crippen molar-refractivity contribution in [2.45, 2.75) is 0 Å². The van der Waals surface area contributed by atoms with Crippen LogP contribution >= 0.6 is 59.1 Å². The van der Waals surface area contributed by atoms with E-state index < -0.39 is 0 Å². The molecule has 3 rings (SSSR count). The lowest BCUT2D eigenvalue weighted by Crippen LogP contribution is -1.90. The molecule has 96 valence electrons. The van der Waals surface area contributed by atoms with Crippen molar-refractivity contribution in [3.63, 3.8) is 0 Å². The van der Waals surface area contributed by atoms with Gasteiger partial charge in [0.15, 0.2) is 5.13 Å². The van der Waals surface area contributed by atoms with E-state index in [0.29, 0.717) is 0 Å². The molecule has 2 nitrogen and oxygen atoms in total. The Labute approximate surface area is 139 Å². The van der Waals surface area contributed by atoms with Gasteiger partial charge in [-0.15, -0.1) is 0 Å². The predicted molar refractivity (Wildman–Crippen MR) is 92.4 cm³/mol. The van der Waals surface area contributed by atoms with E-state index in [0.717, 1.165) is 29.8 Å². The van der Waals surface area contributed by atoms with E-state index in [1.54, 1.807) is 11.3 Å². The molecule has 1 N–H and O–H groups in total. The summed E-state index contributed by atoms with van der Waals surface area (Å²) in [7, 11) is 0. The van der Waals surface area contributed by atoms with Crippen molar-refractivity contribution in [2.24, 2.45) is 0 Å². The second kappa shape index (κ2) is 5.52. The average Bonchev–Trinajstić information content (AvgIpc) is 2.74. The minimum Gasteiger partial charge on any atom is -0.331 e. The SMILES string of the molecule is Brc1ccc(Nc2nc3cc(Br)ccc3s2)c(Br)c1. The lowest BCUT2D eigenvalue weighted by Gasteiger charge is -2.05. The van der Waals surface area contributed by atoms with E-state index in [1.165, 1.54) is 4.70 Å². The molecule has 0 aliphatic carbocycles. The molecule has 6 heteroatoms. The van der Waals surface area contributed by atoms with Gasteiger partial charge in [0.25, 0.3) is 0 Å². The lowest BCUT2D eigenvalue weighted by atomic mass is 10.3. The fourth-order valence-electron chi connectivity index (χ4n) is 1.66. The van der Waals surface area contributed by atoms with Crippen LogP contribution in [-0.2, 0) is 0 Å². The van der Waals surface area contributed by atoms with Crippen LogP contribution in [0, 0.1) is 0 Å². The minimum atomic E-state index is 0.885. The number of halogens is 3. The largest absolute Gasteiger partial charge is 0.331 e. The Morgan fingerprint density at radius 3 is 2.47 bits per heavy atom. The van der Waals surface area contributed by atoms with Crippen LogP contribution < -0.4 is 5.32 Å². The highest BCUT2D eigenvalue weighted by Crippen LogP contribution is 2.33. The zero-order chi connectivity index (χ0) is 13.4. The number of hydrogen-bond acceptors (Lipinski definition) is 3. The maximum atomic E-state index is 4.58. The Kier molecular flexibility index (Phi) is 3.93. The van der Waals surface area contributed by atoms with Gasteiger partial charge in [-0.3, -0.25) is 0 Å². The first-order valence-electron chi connectivity index (χ1n) is 5.40. The molecular weight excluding hydrogens is 456 g/mol. The minimum absolute atomic E-state index is 0.885. The molecule has 0 fully saturated rings. The number of hydrogen-bond donors (Lipinski definition) is 1. The van der Waals surface area contributed by atoms with Crippen molar-refractivity contribution >= 4 is 80.2 Å². The summed E-state index contributed by atoms with van der Waals surface area (Å²) in [5, 5.41) is 4.22. The van der Waals surface area contributed by atoms with Gasteiger partial charge in [-0.2, -0.15) is 0 Å². The van der Waals surface area contributed by atoms with Gasteiger partial charge in [0.2, 0.25) is 0 Å². The first kappa shape index (κ1) is 13.5. The Hall–Kier alpha value is -0.430. The molecule has 0 radical (unpaired) electrons. The first-order valence-corrected chi connectivity index (χ1v) is 8.59. The van der Waals surface area contributed by atoms with E-state index in [4.69, 9.17) is 0 Å². The number of thiazole rings is 1. The molecule has 0 aliphatic heterocycles. The highest BCUT2D eigenvalue weighted by molar-refractivity contribution is 9.11. The summed E-state index contributed by atoms with van der Waals surface area (Å²) in [5.41, 5.74) is 2.00. The Morgan fingerprint density at radius 1 is 0.947 bits per heavy atom. The number of nitrogens with one attached hydrogen (secondary N) is 1. The lowest BCUT2D eigenvalue weighted by molar-refractivity contribution is 1.43. The predicted octanol–water partition coefficient (Wildman–Crippen LogP) is 6.33. The van der Waals surface area contributed by atoms with E-state index >= 15 is 0 Å². The van der Waals surface area contributed by atoms with Crippen molar-refractivity contribution in [1.82, 2.24) is 4.98 Å². The van der Waals surface area contributed by atoms with Crippen molar-refractivity contribution < 1.29 is 0 Å². The third-order valence-electron chi connectivity index (χ3n) is 2.52. The highest BCUT2D eigenvalue weighted by atomic mass is 79.9. The zero-order valence-corrected chi connectivity index (χ0v) is 15.0. The average molecular weight is 463 g/mol. The molecule has 0 unspecified atom stereocenters. The standard InChI is InChI=1S/C13H7Br3N2S/c14-7-1-3-10(9(16)5-7)17-13-18-11-6-8(15)2-4-12(11)19-13/h1-6H,(H,17,18). The maximum Gasteiger partial charge on any atom is 0.188 e. The smallest absolute Gasteiger partial charge is 0.188 e. The first-order chi connectivity index (χ1) is 9.11. The van der Waals surface area contributed by atoms with Crippen LogP contribution in [0.5, 0.6) is 0 Å². The summed E-state index contributed by atoms with van der Waals surface area (Å²) in [6, 6.07) is 12.1. The van der Waals surface area contributed by atoms with Crippen LogP contribution in [0.25, 0.3) is 10.2 Å². The molecule has 0 bridgehead atoms. The van der Waals surface area contributed by atoms with Crippen LogP contribution in [0.2, 0.25) is 0 Å².